The maximum absolute atomic E-state index is 12.9. The minimum Gasteiger partial charge on any atom is -0.508 e. The first kappa shape index (κ1) is 15.7. The maximum atomic E-state index is 12.9. The molecule has 0 unspecified atom stereocenters. The van der Waals surface area contributed by atoms with E-state index in [9.17, 15) is 9.90 Å². The Hall–Kier alpha value is -3.22. The van der Waals surface area contributed by atoms with Crippen LogP contribution in [0.1, 0.15) is 0 Å². The Labute approximate surface area is 137 Å². The van der Waals surface area contributed by atoms with Crippen molar-refractivity contribution in [3.8, 4) is 28.7 Å². The van der Waals surface area contributed by atoms with Gasteiger partial charge in [0.2, 0.25) is 5.75 Å². The molecule has 0 saturated heterocycles. The van der Waals surface area contributed by atoms with Crippen molar-refractivity contribution in [3.63, 3.8) is 0 Å². The number of hydrogen-bond donors (Lipinski definition) is 1. The molecular weight excluding hydrogens is 312 g/mol. The molecule has 2 aromatic carbocycles. The van der Waals surface area contributed by atoms with Crippen molar-refractivity contribution in [1.29, 1.82) is 0 Å². The molecule has 3 rings (SSSR count). The summed E-state index contributed by atoms with van der Waals surface area (Å²) in [6.45, 7) is 0. The normalized spacial score (nSPS) is 10.6. The lowest BCUT2D eigenvalue weighted by Gasteiger charge is -2.14. The Kier molecular flexibility index (Phi) is 3.99. The summed E-state index contributed by atoms with van der Waals surface area (Å²) < 4.78 is 17.3. The standard InChI is InChI=1S/C17H16N2O5/c1-22-13-8-12-14(16(24-3)15(13)23-2)18-9-19(17(12)21)10-4-6-11(20)7-5-10/h4-9,20H,1-3H3. The SMILES string of the molecule is COc1cc2c(=O)n(-c3ccc(O)cc3)cnc2c(OC)c1OC. The van der Waals surface area contributed by atoms with Crippen molar-refractivity contribution in [2.45, 2.75) is 0 Å². The molecule has 0 amide bonds. The second kappa shape index (κ2) is 6.11. The highest BCUT2D eigenvalue weighted by atomic mass is 16.5. The highest BCUT2D eigenvalue weighted by molar-refractivity contribution is 5.89. The molecule has 24 heavy (non-hydrogen) atoms. The number of fused-ring (bicyclic) bond motifs is 1. The average molecular weight is 328 g/mol. The van der Waals surface area contributed by atoms with Crippen molar-refractivity contribution in [3.05, 3.63) is 47.0 Å². The Morgan fingerprint density at radius 2 is 1.67 bits per heavy atom. The number of ether oxygens (including phenoxy) is 3. The number of phenols is 1. The lowest BCUT2D eigenvalue weighted by atomic mass is 10.2. The van der Waals surface area contributed by atoms with Crippen molar-refractivity contribution in [1.82, 2.24) is 9.55 Å². The van der Waals surface area contributed by atoms with Crippen LogP contribution >= 0.6 is 0 Å². The fraction of sp³-hybridized carbons (Fsp3) is 0.176. The zero-order valence-electron chi connectivity index (χ0n) is 13.4. The predicted molar refractivity (Wildman–Crippen MR) is 88.7 cm³/mol. The molecular formula is C17H16N2O5. The second-order valence-electron chi connectivity index (χ2n) is 4.98. The summed E-state index contributed by atoms with van der Waals surface area (Å²) in [5.41, 5.74) is 0.682. The van der Waals surface area contributed by atoms with E-state index in [-0.39, 0.29) is 11.3 Å². The molecule has 0 spiro atoms. The van der Waals surface area contributed by atoms with E-state index in [0.29, 0.717) is 33.8 Å². The van der Waals surface area contributed by atoms with Gasteiger partial charge in [0, 0.05) is 0 Å². The second-order valence-corrected chi connectivity index (χ2v) is 4.98. The lowest BCUT2D eigenvalue weighted by molar-refractivity contribution is 0.326. The first-order valence-corrected chi connectivity index (χ1v) is 7.10. The lowest BCUT2D eigenvalue weighted by Crippen LogP contribution is -2.19. The summed E-state index contributed by atoms with van der Waals surface area (Å²) in [5.74, 6) is 1.21. The minimum absolute atomic E-state index is 0.119. The van der Waals surface area contributed by atoms with Crippen LogP contribution in [-0.2, 0) is 0 Å². The van der Waals surface area contributed by atoms with E-state index in [1.807, 2.05) is 0 Å². The number of methoxy groups -OCH3 is 3. The van der Waals surface area contributed by atoms with Gasteiger partial charge in [-0.25, -0.2) is 4.98 Å². The summed E-state index contributed by atoms with van der Waals surface area (Å²) in [7, 11) is 4.45. The largest absolute Gasteiger partial charge is 0.508 e. The maximum Gasteiger partial charge on any atom is 0.266 e. The number of aromatic hydroxyl groups is 1. The van der Waals surface area contributed by atoms with E-state index < -0.39 is 0 Å². The Balaban J connectivity index is 2.33. The van der Waals surface area contributed by atoms with Crippen molar-refractivity contribution in [2.24, 2.45) is 0 Å². The van der Waals surface area contributed by atoms with Crippen LogP contribution in [0.3, 0.4) is 0 Å². The van der Waals surface area contributed by atoms with Crippen LogP contribution in [0.2, 0.25) is 0 Å². The highest BCUT2D eigenvalue weighted by Crippen LogP contribution is 2.41. The van der Waals surface area contributed by atoms with Crippen LogP contribution in [0.5, 0.6) is 23.0 Å². The molecule has 0 aliphatic rings. The fourth-order valence-corrected chi connectivity index (χ4v) is 2.53. The number of aromatic nitrogens is 2. The van der Waals surface area contributed by atoms with E-state index in [1.165, 1.54) is 44.4 Å². The smallest absolute Gasteiger partial charge is 0.266 e. The number of benzene rings is 2. The van der Waals surface area contributed by atoms with Gasteiger partial charge in [0.25, 0.3) is 5.56 Å². The zero-order valence-corrected chi connectivity index (χ0v) is 13.4. The van der Waals surface area contributed by atoms with E-state index in [4.69, 9.17) is 14.2 Å². The third-order valence-corrected chi connectivity index (χ3v) is 3.68. The van der Waals surface area contributed by atoms with Gasteiger partial charge in [0.05, 0.1) is 32.4 Å². The van der Waals surface area contributed by atoms with Crippen molar-refractivity contribution >= 4 is 10.9 Å². The first-order valence-electron chi connectivity index (χ1n) is 7.10. The van der Waals surface area contributed by atoms with Crippen LogP contribution in [-0.4, -0.2) is 36.0 Å². The first-order chi connectivity index (χ1) is 11.6. The van der Waals surface area contributed by atoms with Gasteiger partial charge in [-0.05, 0) is 30.3 Å². The molecule has 7 nitrogen and oxygen atoms in total. The van der Waals surface area contributed by atoms with Crippen LogP contribution < -0.4 is 19.8 Å². The average Bonchev–Trinajstić information content (AvgIpc) is 2.61. The van der Waals surface area contributed by atoms with Gasteiger partial charge in [-0.1, -0.05) is 0 Å². The van der Waals surface area contributed by atoms with Gasteiger partial charge in [0.15, 0.2) is 11.5 Å². The van der Waals surface area contributed by atoms with Crippen LogP contribution in [0.4, 0.5) is 0 Å². The van der Waals surface area contributed by atoms with Gasteiger partial charge in [-0.2, -0.15) is 0 Å². The van der Waals surface area contributed by atoms with Crippen molar-refractivity contribution in [2.75, 3.05) is 21.3 Å². The quantitative estimate of drug-likeness (QED) is 0.790. The molecule has 1 N–H and O–H groups in total. The van der Waals surface area contributed by atoms with Crippen LogP contribution in [0, 0.1) is 0 Å². The molecule has 7 heteroatoms. The Morgan fingerprint density at radius 1 is 1.00 bits per heavy atom. The number of nitrogens with zero attached hydrogens (tertiary/aromatic N) is 2. The molecule has 1 aromatic heterocycles. The van der Waals surface area contributed by atoms with Gasteiger partial charge in [-0.3, -0.25) is 9.36 Å². The molecule has 0 bridgehead atoms. The van der Waals surface area contributed by atoms with E-state index in [2.05, 4.69) is 4.98 Å². The summed E-state index contributed by atoms with van der Waals surface area (Å²) in [4.78, 5) is 17.2. The van der Waals surface area contributed by atoms with Crippen molar-refractivity contribution < 1.29 is 19.3 Å². The van der Waals surface area contributed by atoms with E-state index in [0.717, 1.165) is 0 Å². The summed E-state index contributed by atoms with van der Waals surface area (Å²) in [5, 5.41) is 9.72. The molecule has 0 aliphatic carbocycles. The predicted octanol–water partition coefficient (Wildman–Crippen LogP) is 2.12. The third-order valence-electron chi connectivity index (χ3n) is 3.68. The number of phenolic OH excluding ortho intramolecular Hbond substituents is 1. The van der Waals surface area contributed by atoms with Crippen LogP contribution in [0.25, 0.3) is 16.6 Å². The number of hydrogen-bond acceptors (Lipinski definition) is 6. The molecule has 0 radical (unpaired) electrons. The van der Waals surface area contributed by atoms with Crippen LogP contribution in [0.15, 0.2) is 41.5 Å². The van der Waals surface area contributed by atoms with Gasteiger partial charge >= 0.3 is 0 Å². The summed E-state index contributed by atoms with van der Waals surface area (Å²) in [6.07, 6.45) is 1.41. The van der Waals surface area contributed by atoms with E-state index in [1.54, 1.807) is 18.2 Å². The fourth-order valence-electron chi connectivity index (χ4n) is 2.53. The Bertz CT molecular complexity index is 948. The molecule has 0 aliphatic heterocycles. The minimum atomic E-state index is -0.287. The molecule has 0 saturated carbocycles. The molecule has 0 atom stereocenters. The van der Waals surface area contributed by atoms with Gasteiger partial charge in [-0.15, -0.1) is 0 Å². The molecule has 1 heterocycles. The molecule has 124 valence electrons. The number of rotatable bonds is 4. The summed E-state index contributed by atoms with van der Waals surface area (Å²) in [6, 6.07) is 7.83. The summed E-state index contributed by atoms with van der Waals surface area (Å²) >= 11 is 0. The molecule has 0 fully saturated rings. The topological polar surface area (TPSA) is 82.8 Å². The zero-order chi connectivity index (χ0) is 17.3. The Morgan fingerprint density at radius 3 is 2.25 bits per heavy atom. The van der Waals surface area contributed by atoms with E-state index >= 15 is 0 Å². The van der Waals surface area contributed by atoms with Gasteiger partial charge < -0.3 is 19.3 Å². The van der Waals surface area contributed by atoms with Gasteiger partial charge in [0.1, 0.15) is 17.6 Å². The third kappa shape index (κ3) is 2.40. The highest BCUT2D eigenvalue weighted by Gasteiger charge is 2.19. The molecule has 3 aromatic rings. The monoisotopic (exact) mass is 328 g/mol.